The molecule has 1 N–H and O–H groups in total. The van der Waals surface area contributed by atoms with E-state index < -0.39 is 5.25 Å². The summed E-state index contributed by atoms with van der Waals surface area (Å²) in [5, 5.41) is 10.6. The Balaban J connectivity index is 1.54. The van der Waals surface area contributed by atoms with E-state index in [9.17, 15) is 9.18 Å². The van der Waals surface area contributed by atoms with Crippen LogP contribution in [0.15, 0.2) is 58.4 Å². The molecule has 3 rings (SSSR count). The second-order valence-corrected chi connectivity index (χ2v) is 6.51. The Morgan fingerprint density at radius 3 is 2.80 bits per heavy atom. The van der Waals surface area contributed by atoms with Gasteiger partial charge in [-0.05, 0) is 36.8 Å². The number of aromatic nitrogens is 3. The quantitative estimate of drug-likeness (QED) is 0.682. The number of benzene rings is 1. The van der Waals surface area contributed by atoms with Crippen molar-refractivity contribution in [1.82, 2.24) is 20.5 Å². The summed E-state index contributed by atoms with van der Waals surface area (Å²) in [6, 6.07) is 9.57. The number of nitrogens with one attached hydrogen (secondary N) is 1. The van der Waals surface area contributed by atoms with Crippen molar-refractivity contribution in [2.24, 2.45) is 0 Å². The summed E-state index contributed by atoms with van der Waals surface area (Å²) in [6.45, 7) is 2.08. The van der Waals surface area contributed by atoms with Crippen molar-refractivity contribution in [1.29, 1.82) is 0 Å². The van der Waals surface area contributed by atoms with Gasteiger partial charge in [-0.3, -0.25) is 9.78 Å². The third kappa shape index (κ3) is 4.63. The Bertz CT molecular complexity index is 839. The lowest BCUT2D eigenvalue weighted by molar-refractivity contribution is -0.120. The first-order valence-corrected chi connectivity index (χ1v) is 8.42. The van der Waals surface area contributed by atoms with Crippen molar-refractivity contribution < 1.29 is 13.6 Å². The molecule has 2 heterocycles. The fourth-order valence-corrected chi connectivity index (χ4v) is 2.71. The van der Waals surface area contributed by atoms with E-state index in [1.54, 1.807) is 37.5 Å². The number of pyridine rings is 1. The number of thioether (sulfide) groups is 1. The first-order chi connectivity index (χ1) is 12.1. The molecular formula is C17H15FN4O2S. The first kappa shape index (κ1) is 17.1. The molecule has 0 saturated heterocycles. The molecule has 0 spiro atoms. The number of carbonyl (C=O) groups is 1. The summed E-state index contributed by atoms with van der Waals surface area (Å²) >= 11 is 1.17. The van der Waals surface area contributed by atoms with E-state index in [-0.39, 0.29) is 11.7 Å². The summed E-state index contributed by atoms with van der Waals surface area (Å²) in [5.74, 6) is -0.121. The highest BCUT2D eigenvalue weighted by Gasteiger charge is 2.18. The monoisotopic (exact) mass is 358 g/mol. The molecule has 6 nitrogen and oxygen atoms in total. The molecule has 25 heavy (non-hydrogen) atoms. The van der Waals surface area contributed by atoms with Gasteiger partial charge in [0.15, 0.2) is 0 Å². The van der Waals surface area contributed by atoms with Gasteiger partial charge in [-0.15, -0.1) is 10.2 Å². The maximum Gasteiger partial charge on any atom is 0.277 e. The molecule has 0 aliphatic carbocycles. The second kappa shape index (κ2) is 7.89. The van der Waals surface area contributed by atoms with E-state index in [4.69, 9.17) is 4.42 Å². The lowest BCUT2D eigenvalue weighted by atomic mass is 10.2. The van der Waals surface area contributed by atoms with Crippen LogP contribution in [0.1, 0.15) is 12.5 Å². The van der Waals surface area contributed by atoms with E-state index in [0.717, 1.165) is 11.1 Å². The molecule has 0 aliphatic heterocycles. The van der Waals surface area contributed by atoms with Crippen molar-refractivity contribution in [3.05, 3.63) is 60.2 Å². The summed E-state index contributed by atoms with van der Waals surface area (Å²) in [6.07, 6.45) is 3.28. The molecule has 0 aliphatic rings. The van der Waals surface area contributed by atoms with Crippen molar-refractivity contribution in [2.75, 3.05) is 0 Å². The van der Waals surface area contributed by atoms with Gasteiger partial charge in [0.05, 0.1) is 10.8 Å². The van der Waals surface area contributed by atoms with Gasteiger partial charge < -0.3 is 9.73 Å². The third-order valence-corrected chi connectivity index (χ3v) is 4.28. The normalized spacial score (nSPS) is 11.9. The highest BCUT2D eigenvalue weighted by Crippen LogP contribution is 2.25. The number of hydrogen-bond donors (Lipinski definition) is 1. The van der Waals surface area contributed by atoms with Crippen LogP contribution in [0.3, 0.4) is 0 Å². The molecule has 3 aromatic rings. The van der Waals surface area contributed by atoms with E-state index in [1.165, 1.54) is 23.9 Å². The van der Waals surface area contributed by atoms with E-state index in [0.29, 0.717) is 17.7 Å². The van der Waals surface area contributed by atoms with Gasteiger partial charge in [0, 0.05) is 18.9 Å². The van der Waals surface area contributed by atoms with Gasteiger partial charge in [0.2, 0.25) is 11.8 Å². The fourth-order valence-electron chi connectivity index (χ4n) is 2.00. The van der Waals surface area contributed by atoms with Crippen LogP contribution in [0.5, 0.6) is 0 Å². The zero-order valence-corrected chi connectivity index (χ0v) is 14.2. The van der Waals surface area contributed by atoms with Crippen LogP contribution in [0.25, 0.3) is 11.5 Å². The minimum atomic E-state index is -0.414. The zero-order valence-electron chi connectivity index (χ0n) is 13.3. The number of halogens is 1. The maximum absolute atomic E-state index is 12.9. The van der Waals surface area contributed by atoms with Crippen LogP contribution in [0.2, 0.25) is 0 Å². The molecule has 0 saturated carbocycles. The summed E-state index contributed by atoms with van der Waals surface area (Å²) in [7, 11) is 0. The Kier molecular flexibility index (Phi) is 5.39. The lowest BCUT2D eigenvalue weighted by Gasteiger charge is -2.09. The number of rotatable bonds is 6. The molecule has 0 unspecified atom stereocenters. The van der Waals surface area contributed by atoms with Crippen molar-refractivity contribution in [2.45, 2.75) is 23.9 Å². The number of amides is 1. The molecule has 2 aromatic heterocycles. The smallest absolute Gasteiger partial charge is 0.277 e. The van der Waals surface area contributed by atoms with Crippen LogP contribution in [-0.4, -0.2) is 26.3 Å². The summed E-state index contributed by atoms with van der Waals surface area (Å²) in [5.41, 5.74) is 1.54. The molecule has 0 fully saturated rings. The molecule has 8 heteroatoms. The second-order valence-electron chi connectivity index (χ2n) is 5.22. The van der Waals surface area contributed by atoms with E-state index >= 15 is 0 Å². The van der Waals surface area contributed by atoms with Crippen LogP contribution in [0, 0.1) is 5.82 Å². The molecule has 0 radical (unpaired) electrons. The summed E-state index contributed by atoms with van der Waals surface area (Å²) < 4.78 is 18.4. The van der Waals surface area contributed by atoms with Gasteiger partial charge in [0.25, 0.3) is 5.22 Å². The lowest BCUT2D eigenvalue weighted by Crippen LogP contribution is -2.30. The standard InChI is InChI=1S/C17H15FN4O2S/c1-11(15(23)20-9-12-4-6-14(18)7-5-12)25-17-22-21-16(24-17)13-3-2-8-19-10-13/h2-8,10-11H,9H2,1H3,(H,20,23)/t11-/m0/s1. The Morgan fingerprint density at radius 1 is 1.28 bits per heavy atom. The van der Waals surface area contributed by atoms with Gasteiger partial charge in [-0.25, -0.2) is 4.39 Å². The van der Waals surface area contributed by atoms with E-state index in [2.05, 4.69) is 20.5 Å². The average molecular weight is 358 g/mol. The Hall–Kier alpha value is -2.74. The molecular weight excluding hydrogens is 343 g/mol. The van der Waals surface area contributed by atoms with Crippen molar-refractivity contribution >= 4 is 17.7 Å². The van der Waals surface area contributed by atoms with Crippen LogP contribution >= 0.6 is 11.8 Å². The number of hydrogen-bond acceptors (Lipinski definition) is 6. The predicted octanol–water partition coefficient (Wildman–Crippen LogP) is 3.07. The average Bonchev–Trinajstić information content (AvgIpc) is 3.10. The first-order valence-electron chi connectivity index (χ1n) is 7.54. The number of carbonyl (C=O) groups excluding carboxylic acids is 1. The SMILES string of the molecule is C[C@H](Sc1nnc(-c2cccnc2)o1)C(=O)NCc1ccc(F)cc1. The largest absolute Gasteiger partial charge is 0.411 e. The third-order valence-electron chi connectivity index (χ3n) is 3.34. The van der Waals surface area contributed by atoms with E-state index in [1.807, 2.05) is 6.07 Å². The summed E-state index contributed by atoms with van der Waals surface area (Å²) in [4.78, 5) is 16.2. The Labute approximate surface area is 147 Å². The number of nitrogens with zero attached hydrogens (tertiary/aromatic N) is 3. The molecule has 0 bridgehead atoms. The fraction of sp³-hybridized carbons (Fsp3) is 0.176. The van der Waals surface area contributed by atoms with Gasteiger partial charge in [0.1, 0.15) is 5.82 Å². The van der Waals surface area contributed by atoms with Crippen LogP contribution < -0.4 is 5.32 Å². The predicted molar refractivity (Wildman–Crippen MR) is 91.1 cm³/mol. The molecule has 1 atom stereocenters. The van der Waals surface area contributed by atoms with Crippen LogP contribution in [0.4, 0.5) is 4.39 Å². The van der Waals surface area contributed by atoms with Gasteiger partial charge >= 0.3 is 0 Å². The van der Waals surface area contributed by atoms with Gasteiger partial charge in [-0.2, -0.15) is 0 Å². The zero-order chi connectivity index (χ0) is 17.6. The minimum Gasteiger partial charge on any atom is -0.411 e. The van der Waals surface area contributed by atoms with Gasteiger partial charge in [-0.1, -0.05) is 23.9 Å². The van der Waals surface area contributed by atoms with Crippen LogP contribution in [-0.2, 0) is 11.3 Å². The van der Waals surface area contributed by atoms with Crippen molar-refractivity contribution in [3.63, 3.8) is 0 Å². The molecule has 128 valence electrons. The highest BCUT2D eigenvalue weighted by atomic mass is 32.2. The molecule has 1 amide bonds. The Morgan fingerprint density at radius 2 is 2.08 bits per heavy atom. The topological polar surface area (TPSA) is 80.9 Å². The maximum atomic E-state index is 12.9. The highest BCUT2D eigenvalue weighted by molar-refractivity contribution is 8.00. The minimum absolute atomic E-state index is 0.171. The van der Waals surface area contributed by atoms with Crippen molar-refractivity contribution in [3.8, 4) is 11.5 Å². The molecule has 1 aromatic carbocycles.